The third-order valence-corrected chi connectivity index (χ3v) is 3.19. The molecular formula is C17H20N2O2. The highest BCUT2D eigenvalue weighted by Gasteiger charge is 2.13. The monoisotopic (exact) mass is 284 g/mol. The topological polar surface area (TPSA) is 50.4 Å². The molecule has 0 saturated heterocycles. The molecule has 0 saturated carbocycles. The molecule has 0 bridgehead atoms. The number of ether oxygens (including phenoxy) is 1. The van der Waals surface area contributed by atoms with Crippen LogP contribution in [0.15, 0.2) is 48.5 Å². The van der Waals surface area contributed by atoms with Crippen LogP contribution in [0.5, 0.6) is 11.5 Å². The van der Waals surface area contributed by atoms with Gasteiger partial charge in [-0.2, -0.15) is 0 Å². The predicted octanol–water partition coefficient (Wildman–Crippen LogP) is 3.33. The molecule has 1 unspecified atom stereocenters. The second-order valence-corrected chi connectivity index (χ2v) is 4.91. The van der Waals surface area contributed by atoms with E-state index in [2.05, 4.69) is 10.6 Å². The standard InChI is InChI=1S/C17H20N2O2/c1-12-7-6-8-14(11-12)21-16-10-5-4-9-15(16)19-17(20)13(2)18-3/h4-11,13,18H,1-3H3,(H,19,20). The van der Waals surface area contributed by atoms with Crippen LogP contribution in [0.1, 0.15) is 12.5 Å². The van der Waals surface area contributed by atoms with Crippen molar-refractivity contribution >= 4 is 11.6 Å². The molecule has 2 aromatic rings. The Kier molecular flexibility index (Phi) is 4.95. The second-order valence-electron chi connectivity index (χ2n) is 4.91. The number of carbonyl (C=O) groups excluding carboxylic acids is 1. The van der Waals surface area contributed by atoms with E-state index < -0.39 is 0 Å². The van der Waals surface area contributed by atoms with Gasteiger partial charge in [-0.15, -0.1) is 0 Å². The summed E-state index contributed by atoms with van der Waals surface area (Å²) in [6, 6.07) is 14.9. The van der Waals surface area contributed by atoms with E-state index in [-0.39, 0.29) is 11.9 Å². The van der Waals surface area contributed by atoms with Crippen molar-refractivity contribution < 1.29 is 9.53 Å². The van der Waals surface area contributed by atoms with Crippen molar-refractivity contribution in [3.63, 3.8) is 0 Å². The number of aryl methyl sites for hydroxylation is 1. The Morgan fingerprint density at radius 1 is 1.14 bits per heavy atom. The van der Waals surface area contributed by atoms with E-state index in [0.717, 1.165) is 11.3 Å². The van der Waals surface area contributed by atoms with Crippen molar-refractivity contribution in [2.45, 2.75) is 19.9 Å². The normalized spacial score (nSPS) is 11.8. The van der Waals surface area contributed by atoms with Gasteiger partial charge in [-0.05, 0) is 50.7 Å². The molecule has 4 heteroatoms. The van der Waals surface area contributed by atoms with Gasteiger partial charge in [0.15, 0.2) is 5.75 Å². The fourth-order valence-electron chi connectivity index (χ4n) is 1.84. The largest absolute Gasteiger partial charge is 0.455 e. The first-order valence-corrected chi connectivity index (χ1v) is 6.92. The highest BCUT2D eigenvalue weighted by Crippen LogP contribution is 2.29. The van der Waals surface area contributed by atoms with Gasteiger partial charge in [-0.1, -0.05) is 24.3 Å². The molecule has 0 aliphatic heterocycles. The summed E-state index contributed by atoms with van der Waals surface area (Å²) in [5.41, 5.74) is 1.78. The van der Waals surface area contributed by atoms with E-state index in [1.807, 2.05) is 55.5 Å². The summed E-state index contributed by atoms with van der Waals surface area (Å²) >= 11 is 0. The minimum Gasteiger partial charge on any atom is -0.455 e. The van der Waals surface area contributed by atoms with Crippen LogP contribution in [0, 0.1) is 6.92 Å². The Morgan fingerprint density at radius 2 is 1.90 bits per heavy atom. The molecule has 2 N–H and O–H groups in total. The Hall–Kier alpha value is -2.33. The number of carbonyl (C=O) groups is 1. The van der Waals surface area contributed by atoms with Gasteiger partial charge in [-0.25, -0.2) is 0 Å². The van der Waals surface area contributed by atoms with Crippen molar-refractivity contribution in [3.05, 3.63) is 54.1 Å². The first-order chi connectivity index (χ1) is 10.1. The van der Waals surface area contributed by atoms with E-state index in [4.69, 9.17) is 4.74 Å². The molecular weight excluding hydrogens is 264 g/mol. The summed E-state index contributed by atoms with van der Waals surface area (Å²) in [7, 11) is 1.75. The first-order valence-electron chi connectivity index (χ1n) is 6.92. The highest BCUT2D eigenvalue weighted by atomic mass is 16.5. The lowest BCUT2D eigenvalue weighted by atomic mass is 10.2. The molecule has 21 heavy (non-hydrogen) atoms. The van der Waals surface area contributed by atoms with E-state index >= 15 is 0 Å². The van der Waals surface area contributed by atoms with Crippen LogP contribution in [0.25, 0.3) is 0 Å². The van der Waals surface area contributed by atoms with Gasteiger partial charge in [0.1, 0.15) is 5.75 Å². The number of hydrogen-bond donors (Lipinski definition) is 2. The second kappa shape index (κ2) is 6.90. The van der Waals surface area contributed by atoms with Crippen LogP contribution < -0.4 is 15.4 Å². The molecule has 1 amide bonds. The fraction of sp³-hybridized carbons (Fsp3) is 0.235. The zero-order valence-corrected chi connectivity index (χ0v) is 12.5. The molecule has 1 atom stereocenters. The third-order valence-electron chi connectivity index (χ3n) is 3.19. The van der Waals surface area contributed by atoms with E-state index in [9.17, 15) is 4.79 Å². The number of nitrogens with one attached hydrogen (secondary N) is 2. The smallest absolute Gasteiger partial charge is 0.241 e. The lowest BCUT2D eigenvalue weighted by molar-refractivity contribution is -0.117. The van der Waals surface area contributed by atoms with Gasteiger partial charge < -0.3 is 15.4 Å². The number of anilines is 1. The summed E-state index contributed by atoms with van der Waals surface area (Å²) in [5, 5.41) is 5.78. The number of amides is 1. The number of rotatable bonds is 5. The minimum atomic E-state index is -0.267. The van der Waals surface area contributed by atoms with Crippen LogP contribution in [0.2, 0.25) is 0 Å². The molecule has 0 aliphatic rings. The van der Waals surface area contributed by atoms with Crippen molar-refractivity contribution in [3.8, 4) is 11.5 Å². The highest BCUT2D eigenvalue weighted by molar-refractivity contribution is 5.95. The van der Waals surface area contributed by atoms with E-state index in [1.165, 1.54) is 0 Å². The van der Waals surface area contributed by atoms with Crippen LogP contribution in [0.3, 0.4) is 0 Å². The summed E-state index contributed by atoms with van der Waals surface area (Å²) in [6.07, 6.45) is 0. The molecule has 110 valence electrons. The Bertz CT molecular complexity index is 626. The summed E-state index contributed by atoms with van der Waals surface area (Å²) < 4.78 is 5.87. The molecule has 4 nitrogen and oxygen atoms in total. The SMILES string of the molecule is CNC(C)C(=O)Nc1ccccc1Oc1cccc(C)c1. The van der Waals surface area contributed by atoms with Gasteiger partial charge in [-0.3, -0.25) is 4.79 Å². The number of hydrogen-bond acceptors (Lipinski definition) is 3. The Morgan fingerprint density at radius 3 is 2.62 bits per heavy atom. The molecule has 0 fully saturated rings. The van der Waals surface area contributed by atoms with Crippen molar-refractivity contribution in [2.24, 2.45) is 0 Å². The fourth-order valence-corrected chi connectivity index (χ4v) is 1.84. The number of para-hydroxylation sites is 2. The Balaban J connectivity index is 2.19. The molecule has 0 spiro atoms. The molecule has 2 rings (SSSR count). The summed E-state index contributed by atoms with van der Waals surface area (Å²) in [5.74, 6) is 1.27. The van der Waals surface area contributed by atoms with Gasteiger partial charge >= 0.3 is 0 Å². The molecule has 0 radical (unpaired) electrons. The lowest BCUT2D eigenvalue weighted by Crippen LogP contribution is -2.35. The quantitative estimate of drug-likeness (QED) is 0.885. The van der Waals surface area contributed by atoms with Crippen molar-refractivity contribution in [1.82, 2.24) is 5.32 Å². The summed E-state index contributed by atoms with van der Waals surface area (Å²) in [4.78, 5) is 12.0. The van der Waals surface area contributed by atoms with Gasteiger partial charge in [0.2, 0.25) is 5.91 Å². The summed E-state index contributed by atoms with van der Waals surface area (Å²) in [6.45, 7) is 3.81. The van der Waals surface area contributed by atoms with Crippen LogP contribution in [0.4, 0.5) is 5.69 Å². The molecule has 0 aromatic heterocycles. The third kappa shape index (κ3) is 4.07. The van der Waals surface area contributed by atoms with Gasteiger partial charge in [0, 0.05) is 0 Å². The van der Waals surface area contributed by atoms with E-state index in [1.54, 1.807) is 14.0 Å². The lowest BCUT2D eigenvalue weighted by Gasteiger charge is -2.15. The van der Waals surface area contributed by atoms with E-state index in [0.29, 0.717) is 11.4 Å². The van der Waals surface area contributed by atoms with Crippen molar-refractivity contribution in [2.75, 3.05) is 12.4 Å². The maximum Gasteiger partial charge on any atom is 0.241 e. The maximum absolute atomic E-state index is 12.0. The molecule has 0 aliphatic carbocycles. The minimum absolute atomic E-state index is 0.0993. The molecule has 0 heterocycles. The average molecular weight is 284 g/mol. The molecule has 2 aromatic carbocycles. The Labute approximate surface area is 125 Å². The zero-order chi connectivity index (χ0) is 15.2. The van der Waals surface area contributed by atoms with Crippen molar-refractivity contribution in [1.29, 1.82) is 0 Å². The number of benzene rings is 2. The maximum atomic E-state index is 12.0. The average Bonchev–Trinajstić information content (AvgIpc) is 2.48. The van der Waals surface area contributed by atoms with Crippen LogP contribution >= 0.6 is 0 Å². The predicted molar refractivity (Wildman–Crippen MR) is 84.8 cm³/mol. The number of likely N-dealkylation sites (N-methyl/N-ethyl adjacent to an activating group) is 1. The first kappa shape index (κ1) is 15.1. The zero-order valence-electron chi connectivity index (χ0n) is 12.5. The van der Waals surface area contributed by atoms with Crippen LogP contribution in [-0.2, 0) is 4.79 Å². The van der Waals surface area contributed by atoms with Crippen LogP contribution in [-0.4, -0.2) is 19.0 Å². The van der Waals surface area contributed by atoms with Gasteiger partial charge in [0.05, 0.1) is 11.7 Å². The van der Waals surface area contributed by atoms with Gasteiger partial charge in [0.25, 0.3) is 0 Å².